The van der Waals surface area contributed by atoms with E-state index >= 15 is 0 Å². The molecule has 1 atom stereocenters. The number of nitrogens with zero attached hydrogens (tertiary/aromatic N) is 2. The van der Waals surface area contributed by atoms with Crippen molar-refractivity contribution in [1.29, 1.82) is 0 Å². The highest BCUT2D eigenvalue weighted by molar-refractivity contribution is 6.37. The lowest BCUT2D eigenvalue weighted by Gasteiger charge is -2.24. The molecule has 0 N–H and O–H groups in total. The Morgan fingerprint density at radius 3 is 2.00 bits per heavy atom. The Morgan fingerprint density at radius 1 is 0.521 bits per heavy atom. The van der Waals surface area contributed by atoms with Crippen LogP contribution in [0.15, 0.2) is 146 Å². The Hall–Kier alpha value is -5.86. The van der Waals surface area contributed by atoms with E-state index in [2.05, 4.69) is 161 Å². The molecule has 7 aromatic carbocycles. The molecule has 0 spiro atoms. The molecule has 48 heavy (non-hydrogen) atoms. The van der Waals surface area contributed by atoms with Crippen LogP contribution < -0.4 is 0 Å². The molecule has 2 aliphatic carbocycles. The van der Waals surface area contributed by atoms with E-state index in [1.807, 2.05) is 0 Å². The van der Waals surface area contributed by atoms with E-state index < -0.39 is 0 Å². The quantitative estimate of drug-likeness (QED) is 0.172. The maximum Gasteiger partial charge on any atom is 0.0626 e. The van der Waals surface area contributed by atoms with E-state index in [9.17, 15) is 0 Å². The zero-order chi connectivity index (χ0) is 31.3. The molecule has 11 rings (SSSR count). The van der Waals surface area contributed by atoms with Crippen molar-refractivity contribution in [3.63, 3.8) is 0 Å². The fraction of sp³-hybridized carbons (Fsp3) is 0.0870. The molecular formula is C46H32N2. The molecule has 2 aliphatic rings. The molecule has 0 bridgehead atoms. The summed E-state index contributed by atoms with van der Waals surface area (Å²) in [6.07, 6.45) is 15.2. The number of hydrogen-bond acceptors (Lipinski definition) is 0. The first-order valence-electron chi connectivity index (χ1n) is 17.2. The van der Waals surface area contributed by atoms with Gasteiger partial charge in [0.05, 0.1) is 22.6 Å². The zero-order valence-corrected chi connectivity index (χ0v) is 26.5. The van der Waals surface area contributed by atoms with Crippen LogP contribution >= 0.6 is 0 Å². The highest BCUT2D eigenvalue weighted by Gasteiger charge is 2.25. The van der Waals surface area contributed by atoms with Crippen molar-refractivity contribution in [2.24, 2.45) is 0 Å². The third kappa shape index (κ3) is 3.47. The molecule has 1 unspecified atom stereocenters. The third-order valence-corrected chi connectivity index (χ3v) is 11.0. The Kier molecular flexibility index (Phi) is 5.37. The molecule has 0 fully saturated rings. The lowest BCUT2D eigenvalue weighted by atomic mass is 9.93. The first-order chi connectivity index (χ1) is 23.8. The number of para-hydroxylation sites is 1. The second kappa shape index (κ2) is 9.82. The molecule has 0 aliphatic heterocycles. The SMILES string of the molecule is C1=Cc2c(n(C3C=CC(n4c5ccccc5c5c6c7ccccc7ccc6c6ccccc6c54)=CC3)c3ccc4ccccc4c23)CC1. The van der Waals surface area contributed by atoms with Gasteiger partial charge >= 0.3 is 0 Å². The van der Waals surface area contributed by atoms with E-state index in [0.717, 1.165) is 19.3 Å². The number of benzene rings is 7. The van der Waals surface area contributed by atoms with Crippen molar-refractivity contribution >= 4 is 87.6 Å². The molecule has 0 radical (unpaired) electrons. The predicted octanol–water partition coefficient (Wildman–Crippen LogP) is 12.4. The first kappa shape index (κ1) is 26.2. The van der Waals surface area contributed by atoms with Crippen LogP contribution in [-0.4, -0.2) is 9.13 Å². The summed E-state index contributed by atoms with van der Waals surface area (Å²) in [4.78, 5) is 0. The Morgan fingerprint density at radius 2 is 1.21 bits per heavy atom. The summed E-state index contributed by atoms with van der Waals surface area (Å²) in [6.45, 7) is 0. The largest absolute Gasteiger partial charge is 0.337 e. The zero-order valence-electron chi connectivity index (χ0n) is 26.5. The summed E-state index contributed by atoms with van der Waals surface area (Å²) in [5.74, 6) is 0. The smallest absolute Gasteiger partial charge is 0.0626 e. The lowest BCUT2D eigenvalue weighted by Crippen LogP contribution is -2.13. The monoisotopic (exact) mass is 612 g/mol. The average Bonchev–Trinajstić information content (AvgIpc) is 3.69. The van der Waals surface area contributed by atoms with E-state index in [0.29, 0.717) is 0 Å². The van der Waals surface area contributed by atoms with Gasteiger partial charge in [-0.15, -0.1) is 0 Å². The van der Waals surface area contributed by atoms with Gasteiger partial charge in [0, 0.05) is 43.9 Å². The number of allylic oxidation sites excluding steroid dienone is 5. The summed E-state index contributed by atoms with van der Waals surface area (Å²) < 4.78 is 5.19. The van der Waals surface area contributed by atoms with Gasteiger partial charge in [-0.1, -0.05) is 133 Å². The fourth-order valence-corrected chi connectivity index (χ4v) is 9.06. The van der Waals surface area contributed by atoms with Crippen LogP contribution in [0.5, 0.6) is 0 Å². The summed E-state index contributed by atoms with van der Waals surface area (Å²) in [7, 11) is 0. The van der Waals surface area contributed by atoms with Crippen molar-refractivity contribution in [3.05, 3.63) is 157 Å². The Bertz CT molecular complexity index is 2920. The third-order valence-electron chi connectivity index (χ3n) is 11.0. The van der Waals surface area contributed by atoms with Crippen molar-refractivity contribution in [2.75, 3.05) is 0 Å². The van der Waals surface area contributed by atoms with Crippen molar-refractivity contribution in [3.8, 4) is 0 Å². The molecule has 0 saturated heterocycles. The maximum atomic E-state index is 2.64. The van der Waals surface area contributed by atoms with Crippen molar-refractivity contribution in [2.45, 2.75) is 25.3 Å². The van der Waals surface area contributed by atoms with Gasteiger partial charge in [0.15, 0.2) is 0 Å². The lowest BCUT2D eigenvalue weighted by molar-refractivity contribution is 0.598. The molecular weight excluding hydrogens is 581 g/mol. The van der Waals surface area contributed by atoms with Crippen LogP contribution in [-0.2, 0) is 6.42 Å². The van der Waals surface area contributed by atoms with Gasteiger partial charge in [-0.05, 0) is 69.8 Å². The minimum absolute atomic E-state index is 0.266. The van der Waals surface area contributed by atoms with Gasteiger partial charge in [-0.2, -0.15) is 0 Å². The van der Waals surface area contributed by atoms with E-state index in [1.165, 1.54) is 92.8 Å². The number of hydrogen-bond donors (Lipinski definition) is 0. The molecule has 2 heteroatoms. The van der Waals surface area contributed by atoms with Gasteiger partial charge in [0.2, 0.25) is 0 Å². The molecule has 226 valence electrons. The minimum Gasteiger partial charge on any atom is -0.337 e. The first-order valence-corrected chi connectivity index (χ1v) is 17.2. The van der Waals surface area contributed by atoms with E-state index in [4.69, 9.17) is 0 Å². The van der Waals surface area contributed by atoms with Gasteiger partial charge in [-0.25, -0.2) is 0 Å². The Balaban J connectivity index is 1.16. The average molecular weight is 613 g/mol. The number of fused-ring (bicyclic) bond motifs is 15. The molecule has 0 saturated carbocycles. The standard InChI is InChI=1S/C46H32N2/c1-3-13-33-30(12-1)22-28-42-43(33)38-17-7-9-19-40(38)47(42)31-23-25-32(26-24-31)48-41-20-10-8-18-39(41)45-44-34-14-4-2-11-29(34)21-27-36(44)35-15-5-6-16-37(35)46(45)48/h1-8,10-18,20-23,25-28,31H,9,19,24H2. The highest BCUT2D eigenvalue weighted by atomic mass is 15.0. The summed E-state index contributed by atoms with van der Waals surface area (Å²) in [5.41, 5.74) is 8.02. The maximum absolute atomic E-state index is 2.64. The van der Waals surface area contributed by atoms with Crippen LogP contribution in [0.4, 0.5) is 0 Å². The van der Waals surface area contributed by atoms with Crippen LogP contribution in [0.2, 0.25) is 0 Å². The fourth-order valence-electron chi connectivity index (χ4n) is 9.06. The van der Waals surface area contributed by atoms with Gasteiger partial charge in [0.1, 0.15) is 0 Å². The summed E-state index contributed by atoms with van der Waals surface area (Å²) >= 11 is 0. The van der Waals surface area contributed by atoms with Crippen LogP contribution in [0.1, 0.15) is 30.1 Å². The Labute approximate surface area is 278 Å². The number of rotatable bonds is 2. The van der Waals surface area contributed by atoms with E-state index in [1.54, 1.807) is 0 Å². The molecule has 9 aromatic rings. The molecule has 2 nitrogen and oxygen atoms in total. The van der Waals surface area contributed by atoms with Crippen LogP contribution in [0.25, 0.3) is 87.6 Å². The highest BCUT2D eigenvalue weighted by Crippen LogP contribution is 2.46. The van der Waals surface area contributed by atoms with Crippen molar-refractivity contribution < 1.29 is 0 Å². The second-order valence-corrected chi connectivity index (χ2v) is 13.5. The molecule has 2 aromatic heterocycles. The van der Waals surface area contributed by atoms with Gasteiger partial charge < -0.3 is 9.13 Å². The van der Waals surface area contributed by atoms with E-state index in [-0.39, 0.29) is 6.04 Å². The number of aromatic nitrogens is 2. The minimum atomic E-state index is 0.266. The van der Waals surface area contributed by atoms with Crippen LogP contribution in [0, 0.1) is 0 Å². The summed E-state index contributed by atoms with van der Waals surface area (Å²) in [5, 5.41) is 14.6. The van der Waals surface area contributed by atoms with Crippen LogP contribution in [0.3, 0.4) is 0 Å². The van der Waals surface area contributed by atoms with Crippen molar-refractivity contribution in [1.82, 2.24) is 9.13 Å². The second-order valence-electron chi connectivity index (χ2n) is 13.5. The van der Waals surface area contributed by atoms with Gasteiger partial charge in [-0.3, -0.25) is 0 Å². The molecule has 2 heterocycles. The predicted molar refractivity (Wildman–Crippen MR) is 206 cm³/mol. The summed E-state index contributed by atoms with van der Waals surface area (Å²) in [6, 6.07) is 45.2. The van der Waals surface area contributed by atoms with Gasteiger partial charge in [0.25, 0.3) is 0 Å². The molecule has 0 amide bonds. The topological polar surface area (TPSA) is 9.86 Å². The normalized spacial score (nSPS) is 16.2.